The summed E-state index contributed by atoms with van der Waals surface area (Å²) in [4.78, 5) is 25.0. The number of alkyl halides is 1. The number of hydrazone groups is 1. The molecule has 1 aliphatic rings. The lowest BCUT2D eigenvalue weighted by Crippen LogP contribution is -2.41. The van der Waals surface area contributed by atoms with Crippen molar-refractivity contribution in [2.24, 2.45) is 5.10 Å². The lowest BCUT2D eigenvalue weighted by atomic mass is 10.0. The van der Waals surface area contributed by atoms with Gasteiger partial charge in [0, 0.05) is 11.3 Å². The fraction of sp³-hybridized carbons (Fsp3) is 0.240. The molecule has 192 valence electrons. The smallest absolute Gasteiger partial charge is 0.431 e. The second-order valence-electron chi connectivity index (χ2n) is 7.83. The molecule has 1 unspecified atom stereocenters. The van der Waals surface area contributed by atoms with Crippen LogP contribution in [0.2, 0.25) is 5.15 Å². The van der Waals surface area contributed by atoms with E-state index in [1.165, 1.54) is 24.3 Å². The summed E-state index contributed by atoms with van der Waals surface area (Å²) in [7, 11) is 1.45. The number of hydrogen-bond acceptors (Lipinski definition) is 8. The highest BCUT2D eigenvalue weighted by Gasteiger charge is 2.31. The van der Waals surface area contributed by atoms with Crippen LogP contribution in [0.3, 0.4) is 0 Å². The summed E-state index contributed by atoms with van der Waals surface area (Å²) in [6.45, 7) is 1.02. The number of nitrogens with zero attached hydrogens (tertiary/aromatic N) is 4. The van der Waals surface area contributed by atoms with Crippen LogP contribution in [0.15, 0.2) is 59.7 Å². The first-order valence-electron chi connectivity index (χ1n) is 11.2. The molecular weight excluding hydrogens is 505 g/mol. The Morgan fingerprint density at radius 2 is 1.92 bits per heavy atom. The molecule has 1 aliphatic heterocycles. The summed E-state index contributed by atoms with van der Waals surface area (Å²) in [6, 6.07) is 14.8. The number of benzene rings is 2. The molecular formula is C25H23ClFN5O5. The molecule has 0 fully saturated rings. The second-order valence-corrected chi connectivity index (χ2v) is 8.22. The summed E-state index contributed by atoms with van der Waals surface area (Å²) in [5.41, 5.74) is 2.59. The maximum atomic E-state index is 12.7. The van der Waals surface area contributed by atoms with Crippen LogP contribution >= 0.6 is 11.6 Å². The normalized spacial score (nSPS) is 15.0. The monoisotopic (exact) mass is 527 g/mol. The van der Waals surface area contributed by atoms with Crippen LogP contribution in [-0.4, -0.2) is 53.0 Å². The van der Waals surface area contributed by atoms with Gasteiger partial charge >= 0.3 is 6.09 Å². The molecule has 2 amide bonds. The zero-order chi connectivity index (χ0) is 26.4. The highest BCUT2D eigenvalue weighted by Crippen LogP contribution is 2.30. The van der Waals surface area contributed by atoms with Crippen LogP contribution in [0.25, 0.3) is 0 Å². The molecule has 0 saturated heterocycles. The van der Waals surface area contributed by atoms with Gasteiger partial charge in [0.1, 0.15) is 11.8 Å². The van der Waals surface area contributed by atoms with E-state index in [9.17, 15) is 14.0 Å². The molecule has 0 bridgehead atoms. The van der Waals surface area contributed by atoms with Crippen LogP contribution in [-0.2, 0) is 11.3 Å². The molecule has 0 aliphatic carbocycles. The van der Waals surface area contributed by atoms with E-state index < -0.39 is 25.0 Å². The Hall–Kier alpha value is -4.25. The third-order valence-electron chi connectivity index (χ3n) is 5.44. The van der Waals surface area contributed by atoms with E-state index in [0.29, 0.717) is 29.1 Å². The summed E-state index contributed by atoms with van der Waals surface area (Å²) in [5.74, 6) is 0.149. The van der Waals surface area contributed by atoms with Gasteiger partial charge < -0.3 is 19.5 Å². The van der Waals surface area contributed by atoms with Gasteiger partial charge in [-0.15, -0.1) is 10.2 Å². The number of halogens is 2. The van der Waals surface area contributed by atoms with E-state index in [-0.39, 0.29) is 23.1 Å². The van der Waals surface area contributed by atoms with Gasteiger partial charge in [-0.25, -0.2) is 9.18 Å². The quantitative estimate of drug-likeness (QED) is 0.423. The van der Waals surface area contributed by atoms with Gasteiger partial charge in [0.05, 0.1) is 13.7 Å². The maximum absolute atomic E-state index is 12.7. The molecule has 1 aromatic heterocycles. The molecule has 4 rings (SSSR count). The highest BCUT2D eigenvalue weighted by atomic mass is 35.5. The topological polar surface area (TPSA) is 115 Å². The first kappa shape index (κ1) is 25.8. The number of hydrogen-bond donors (Lipinski definition) is 1. The third-order valence-corrected chi connectivity index (χ3v) is 5.64. The molecule has 3 aromatic rings. The van der Waals surface area contributed by atoms with Crippen LogP contribution in [0, 0.1) is 0 Å². The number of methoxy groups -OCH3 is 1. The van der Waals surface area contributed by atoms with E-state index in [0.717, 1.165) is 5.56 Å². The summed E-state index contributed by atoms with van der Waals surface area (Å²) >= 11 is 5.70. The van der Waals surface area contributed by atoms with Crippen molar-refractivity contribution in [2.45, 2.75) is 26.0 Å². The predicted molar refractivity (Wildman–Crippen MR) is 134 cm³/mol. The first-order valence-corrected chi connectivity index (χ1v) is 11.6. The predicted octanol–water partition coefficient (Wildman–Crippen LogP) is 4.83. The minimum absolute atomic E-state index is 0.123. The number of anilines is 1. The second kappa shape index (κ2) is 11.7. The Morgan fingerprint density at radius 3 is 2.57 bits per heavy atom. The zero-order valence-electron chi connectivity index (χ0n) is 20.0. The molecule has 2 heterocycles. The van der Waals surface area contributed by atoms with Crippen molar-refractivity contribution in [3.63, 3.8) is 0 Å². The number of carbonyl (C=O) groups excluding carboxylic acids is 2. The van der Waals surface area contributed by atoms with Crippen LogP contribution in [0.1, 0.15) is 35.0 Å². The third kappa shape index (κ3) is 6.12. The van der Waals surface area contributed by atoms with Gasteiger partial charge in [-0.05, 0) is 54.4 Å². The molecule has 2 aromatic carbocycles. The lowest BCUT2D eigenvalue weighted by molar-refractivity contribution is 0.0712. The van der Waals surface area contributed by atoms with Crippen molar-refractivity contribution in [1.82, 2.24) is 15.2 Å². The molecule has 37 heavy (non-hydrogen) atoms. The van der Waals surface area contributed by atoms with Gasteiger partial charge in [0.25, 0.3) is 5.91 Å². The molecule has 0 spiro atoms. The van der Waals surface area contributed by atoms with Gasteiger partial charge in [-0.1, -0.05) is 30.7 Å². The number of amides is 2. The van der Waals surface area contributed by atoms with Crippen LogP contribution in [0.4, 0.5) is 14.9 Å². The Balaban J connectivity index is 1.51. The number of cyclic esters (lactones) is 1. The molecule has 1 atom stereocenters. The zero-order valence-corrected chi connectivity index (χ0v) is 20.7. The number of aromatic nitrogens is 2. The summed E-state index contributed by atoms with van der Waals surface area (Å²) < 4.78 is 28.5. The van der Waals surface area contributed by atoms with Gasteiger partial charge in [0.15, 0.2) is 22.3 Å². The van der Waals surface area contributed by atoms with Crippen molar-refractivity contribution in [3.8, 4) is 11.5 Å². The van der Waals surface area contributed by atoms with E-state index in [1.54, 1.807) is 42.5 Å². The fourth-order valence-corrected chi connectivity index (χ4v) is 3.70. The molecule has 1 N–H and O–H groups in total. The number of rotatable bonds is 9. The number of carbonyl (C=O) groups is 2. The summed E-state index contributed by atoms with van der Waals surface area (Å²) in [5, 5.41) is 16.1. The van der Waals surface area contributed by atoms with Gasteiger partial charge in [-0.2, -0.15) is 10.1 Å². The molecule has 0 saturated carbocycles. The largest absolute Gasteiger partial charge is 0.493 e. The van der Waals surface area contributed by atoms with E-state index in [4.69, 9.17) is 25.8 Å². The average molecular weight is 528 g/mol. The summed E-state index contributed by atoms with van der Waals surface area (Å²) in [6.07, 6.45) is -0.635. The average Bonchev–Trinajstić information content (AvgIpc) is 2.91. The van der Waals surface area contributed by atoms with Crippen molar-refractivity contribution in [1.29, 1.82) is 0 Å². The van der Waals surface area contributed by atoms with Crippen molar-refractivity contribution in [2.75, 3.05) is 19.3 Å². The van der Waals surface area contributed by atoms with Crippen LogP contribution < -0.4 is 14.8 Å². The Morgan fingerprint density at radius 1 is 1.14 bits per heavy atom. The Kier molecular flexibility index (Phi) is 8.14. The SMILES string of the molecule is CCC1OC(=O)N(Cc2ccc(NC(=O)c3ccc(Cl)nn3)cc2)N=C1c1ccc(OCF)c(OC)c1. The minimum atomic E-state index is -0.989. The van der Waals surface area contributed by atoms with E-state index in [2.05, 4.69) is 20.6 Å². The van der Waals surface area contributed by atoms with Crippen molar-refractivity contribution >= 4 is 35.0 Å². The fourth-order valence-electron chi connectivity index (χ4n) is 3.60. The van der Waals surface area contributed by atoms with Crippen molar-refractivity contribution < 1.29 is 28.2 Å². The van der Waals surface area contributed by atoms with E-state index in [1.807, 2.05) is 6.92 Å². The van der Waals surface area contributed by atoms with Crippen LogP contribution in [0.5, 0.6) is 11.5 Å². The highest BCUT2D eigenvalue weighted by molar-refractivity contribution is 6.29. The number of nitrogens with one attached hydrogen (secondary N) is 1. The lowest BCUT2D eigenvalue weighted by Gasteiger charge is -2.29. The molecule has 0 radical (unpaired) electrons. The first-order chi connectivity index (χ1) is 17.9. The Bertz CT molecular complexity index is 1300. The van der Waals surface area contributed by atoms with Crippen molar-refractivity contribution in [3.05, 3.63) is 76.6 Å². The van der Waals surface area contributed by atoms with Gasteiger partial charge in [-0.3, -0.25) is 4.79 Å². The minimum Gasteiger partial charge on any atom is -0.493 e. The standard InChI is InChI=1S/C25H23ClFN5O5/c1-3-19-23(16-6-10-20(36-14-27)21(12-16)35-2)31-32(25(34)37-19)13-15-4-7-17(8-5-15)28-24(33)18-9-11-22(26)30-29-18/h4-12,19H,3,13-14H2,1-2H3,(H,28,33). The van der Waals surface area contributed by atoms with E-state index >= 15 is 0 Å². The van der Waals surface area contributed by atoms with Gasteiger partial charge in [0.2, 0.25) is 6.86 Å². The number of ether oxygens (including phenoxy) is 3. The Labute approximate surface area is 217 Å². The molecule has 12 heteroatoms. The maximum Gasteiger partial charge on any atom is 0.431 e. The molecule has 10 nitrogen and oxygen atoms in total.